The largest absolute Gasteiger partial charge is 1.00 e. The fourth-order valence-electron chi connectivity index (χ4n) is 3.90. The predicted molar refractivity (Wildman–Crippen MR) is 124 cm³/mol. The molecule has 0 radical (unpaired) electrons. The molecule has 0 aliphatic rings. The lowest BCUT2D eigenvalue weighted by Crippen LogP contribution is -3.00. The Morgan fingerprint density at radius 1 is 0.667 bits per heavy atom. The summed E-state index contributed by atoms with van der Waals surface area (Å²) in [6.07, 6.45) is 2.28. The topological polar surface area (TPSA) is 0 Å². The number of hydrogen-bond acceptors (Lipinski definition) is 0. The zero-order chi connectivity index (χ0) is 20.4. The molecule has 2 heteroatoms. The van der Waals surface area contributed by atoms with E-state index in [1.165, 1.54) is 10.8 Å². The normalized spacial score (nSPS) is 10.3. The maximum Gasteiger partial charge on any atom is 0.142 e. The Balaban J connectivity index is 0.00000320. The second kappa shape index (κ2) is 12.2. The number of nitrogens with zero attached hydrogens (tertiary/aromatic N) is 1. The highest BCUT2D eigenvalue weighted by Gasteiger charge is 2.23. The van der Waals surface area contributed by atoms with Crippen molar-refractivity contribution in [3.63, 3.8) is 0 Å². The maximum atomic E-state index is 3.51. The molecular formula is C28H30BrN. The highest BCUT2D eigenvalue weighted by molar-refractivity contribution is 5.88. The van der Waals surface area contributed by atoms with Gasteiger partial charge in [0.1, 0.15) is 13.1 Å². The number of benzene rings is 3. The summed E-state index contributed by atoms with van der Waals surface area (Å²) in [5, 5.41) is 2.48. The summed E-state index contributed by atoms with van der Waals surface area (Å²) in [6, 6.07) is 25.1. The predicted octanol–water partition coefficient (Wildman–Crippen LogP) is 2.88. The van der Waals surface area contributed by atoms with E-state index in [1.807, 2.05) is 18.2 Å². The van der Waals surface area contributed by atoms with Gasteiger partial charge in [-0.3, -0.25) is 0 Å². The average Bonchev–Trinajstić information content (AvgIpc) is 2.75. The molecule has 0 saturated heterocycles. The first-order valence-electron chi connectivity index (χ1n) is 10.6. The van der Waals surface area contributed by atoms with Crippen LogP contribution in [-0.2, 0) is 0 Å². The SMILES string of the molecule is CCC[N+](CC#Cc1ccccc1)(CC#Cc1cccc2ccccc12)CCC.[Br-]. The van der Waals surface area contributed by atoms with Crippen molar-refractivity contribution in [2.75, 3.05) is 26.2 Å². The molecule has 30 heavy (non-hydrogen) atoms. The van der Waals surface area contributed by atoms with E-state index in [2.05, 4.69) is 92.1 Å². The molecule has 3 aromatic carbocycles. The molecule has 0 saturated carbocycles. The number of quaternary nitrogens is 1. The molecule has 0 fully saturated rings. The molecule has 3 rings (SSSR count). The van der Waals surface area contributed by atoms with Gasteiger partial charge in [-0.25, -0.2) is 0 Å². The molecule has 0 amide bonds. The van der Waals surface area contributed by atoms with E-state index in [0.717, 1.165) is 54.6 Å². The van der Waals surface area contributed by atoms with Gasteiger partial charge in [0.25, 0.3) is 0 Å². The van der Waals surface area contributed by atoms with Crippen LogP contribution in [0.15, 0.2) is 72.8 Å². The third-order valence-corrected chi connectivity index (χ3v) is 5.24. The lowest BCUT2D eigenvalue weighted by atomic mass is 10.1. The minimum atomic E-state index is 0. The van der Waals surface area contributed by atoms with Gasteiger partial charge in [-0.15, -0.1) is 0 Å². The quantitative estimate of drug-likeness (QED) is 0.392. The molecule has 154 valence electrons. The first-order valence-corrected chi connectivity index (χ1v) is 10.6. The fraction of sp³-hybridized carbons (Fsp3) is 0.286. The van der Waals surface area contributed by atoms with Gasteiger partial charge in [-0.2, -0.15) is 0 Å². The molecule has 3 aromatic rings. The van der Waals surface area contributed by atoms with E-state index < -0.39 is 0 Å². The molecule has 0 aliphatic carbocycles. The Hall–Kier alpha value is -2.52. The summed E-state index contributed by atoms with van der Waals surface area (Å²) in [5.41, 5.74) is 2.20. The van der Waals surface area contributed by atoms with Crippen LogP contribution in [0.3, 0.4) is 0 Å². The summed E-state index contributed by atoms with van der Waals surface area (Å²) in [6.45, 7) is 8.43. The van der Waals surface area contributed by atoms with Crippen molar-refractivity contribution in [1.29, 1.82) is 0 Å². The van der Waals surface area contributed by atoms with Crippen molar-refractivity contribution in [2.45, 2.75) is 26.7 Å². The summed E-state index contributed by atoms with van der Waals surface area (Å²) in [7, 11) is 0. The lowest BCUT2D eigenvalue weighted by Gasteiger charge is -2.35. The van der Waals surface area contributed by atoms with Gasteiger partial charge in [0.05, 0.1) is 13.1 Å². The summed E-state index contributed by atoms with van der Waals surface area (Å²) in [4.78, 5) is 0. The Morgan fingerprint density at radius 3 is 1.97 bits per heavy atom. The van der Waals surface area contributed by atoms with Crippen LogP contribution in [0.2, 0.25) is 0 Å². The first-order chi connectivity index (χ1) is 14.3. The van der Waals surface area contributed by atoms with Gasteiger partial charge in [-0.05, 0) is 53.7 Å². The van der Waals surface area contributed by atoms with Crippen LogP contribution in [0.5, 0.6) is 0 Å². The van der Waals surface area contributed by atoms with Crippen LogP contribution in [0, 0.1) is 23.7 Å². The molecule has 1 nitrogen and oxygen atoms in total. The van der Waals surface area contributed by atoms with Crippen LogP contribution < -0.4 is 17.0 Å². The van der Waals surface area contributed by atoms with Gasteiger partial charge in [-0.1, -0.05) is 80.3 Å². The minimum Gasteiger partial charge on any atom is -1.00 e. The second-order valence-corrected chi connectivity index (χ2v) is 7.60. The van der Waals surface area contributed by atoms with Crippen LogP contribution in [0.25, 0.3) is 10.8 Å². The van der Waals surface area contributed by atoms with Gasteiger partial charge < -0.3 is 21.5 Å². The lowest BCUT2D eigenvalue weighted by molar-refractivity contribution is -0.915. The van der Waals surface area contributed by atoms with Gasteiger partial charge >= 0.3 is 0 Å². The second-order valence-electron chi connectivity index (χ2n) is 7.60. The van der Waals surface area contributed by atoms with Crippen molar-refractivity contribution >= 4 is 10.8 Å². The minimum absolute atomic E-state index is 0. The van der Waals surface area contributed by atoms with Crippen molar-refractivity contribution in [2.24, 2.45) is 0 Å². The molecule has 0 bridgehead atoms. The number of halogens is 1. The van der Waals surface area contributed by atoms with Crippen LogP contribution in [-0.4, -0.2) is 30.7 Å². The zero-order valence-corrected chi connectivity index (χ0v) is 19.6. The van der Waals surface area contributed by atoms with Crippen LogP contribution in [0.1, 0.15) is 37.8 Å². The van der Waals surface area contributed by atoms with Crippen molar-refractivity contribution in [3.05, 3.63) is 83.9 Å². The van der Waals surface area contributed by atoms with Crippen LogP contribution >= 0.6 is 0 Å². The van der Waals surface area contributed by atoms with E-state index in [0.29, 0.717) is 0 Å². The van der Waals surface area contributed by atoms with Gasteiger partial charge in [0, 0.05) is 11.1 Å². The molecule has 0 N–H and O–H groups in total. The average molecular weight is 460 g/mol. The van der Waals surface area contributed by atoms with E-state index in [-0.39, 0.29) is 17.0 Å². The summed E-state index contributed by atoms with van der Waals surface area (Å²) in [5.74, 6) is 13.7. The number of rotatable bonds is 6. The first kappa shape index (κ1) is 23.8. The monoisotopic (exact) mass is 459 g/mol. The highest BCUT2D eigenvalue weighted by Crippen LogP contribution is 2.17. The zero-order valence-electron chi connectivity index (χ0n) is 18.0. The highest BCUT2D eigenvalue weighted by atomic mass is 79.9. The van der Waals surface area contributed by atoms with Gasteiger partial charge in [0.15, 0.2) is 0 Å². The maximum absolute atomic E-state index is 3.51. The molecule has 0 aliphatic heterocycles. The molecular weight excluding hydrogens is 430 g/mol. The van der Waals surface area contributed by atoms with E-state index >= 15 is 0 Å². The molecule has 0 heterocycles. The smallest absolute Gasteiger partial charge is 0.142 e. The molecule has 0 spiro atoms. The van der Waals surface area contributed by atoms with Crippen molar-refractivity contribution in [1.82, 2.24) is 0 Å². The third kappa shape index (κ3) is 6.50. The van der Waals surface area contributed by atoms with Crippen molar-refractivity contribution in [3.8, 4) is 23.7 Å². The van der Waals surface area contributed by atoms with E-state index in [1.54, 1.807) is 0 Å². The standard InChI is InChI=1S/C28H30N.BrH/c1-3-21-29(22-4-2,23-11-15-25-13-6-5-7-14-25)24-12-19-27-18-10-17-26-16-8-9-20-28(26)27;/h5-10,13-14,16-18,20H,3-4,21-24H2,1-2H3;1H/q+1;/p-1. The van der Waals surface area contributed by atoms with E-state index in [4.69, 9.17) is 0 Å². The van der Waals surface area contributed by atoms with Crippen LogP contribution in [0.4, 0.5) is 0 Å². The number of fused-ring (bicyclic) bond motifs is 1. The Morgan fingerprint density at radius 2 is 1.27 bits per heavy atom. The molecule has 0 unspecified atom stereocenters. The molecule has 0 atom stereocenters. The fourth-order valence-corrected chi connectivity index (χ4v) is 3.90. The van der Waals surface area contributed by atoms with Crippen molar-refractivity contribution < 1.29 is 21.5 Å². The van der Waals surface area contributed by atoms with E-state index in [9.17, 15) is 0 Å². The Bertz CT molecular complexity index is 1040. The number of hydrogen-bond donors (Lipinski definition) is 0. The molecule has 0 aromatic heterocycles. The summed E-state index contributed by atoms with van der Waals surface area (Å²) < 4.78 is 0.949. The summed E-state index contributed by atoms with van der Waals surface area (Å²) >= 11 is 0. The van der Waals surface area contributed by atoms with Gasteiger partial charge in [0.2, 0.25) is 0 Å². The third-order valence-electron chi connectivity index (χ3n) is 5.24. The Kier molecular flexibility index (Phi) is 9.69. The Labute approximate surface area is 192 Å².